The van der Waals surface area contributed by atoms with Crippen molar-refractivity contribution in [3.05, 3.63) is 58.7 Å². The molecule has 0 radical (unpaired) electrons. The molecule has 0 spiro atoms. The summed E-state index contributed by atoms with van der Waals surface area (Å²) in [6, 6.07) is 12.1. The van der Waals surface area contributed by atoms with Crippen LogP contribution >= 0.6 is 17.0 Å². The summed E-state index contributed by atoms with van der Waals surface area (Å²) < 4.78 is 0. The third-order valence-corrected chi connectivity index (χ3v) is 4.51. The van der Waals surface area contributed by atoms with Crippen LogP contribution in [-0.4, -0.2) is 40.7 Å². The molecular formula is C18H24BrNO3. The van der Waals surface area contributed by atoms with Crippen molar-refractivity contribution in [2.75, 3.05) is 20.1 Å². The van der Waals surface area contributed by atoms with Gasteiger partial charge in [-0.3, -0.25) is 0 Å². The maximum Gasteiger partial charge on any atom is 0.160 e. The minimum atomic E-state index is -0.0169. The fourth-order valence-electron chi connectivity index (χ4n) is 3.27. The number of phenolic OH excluding ortho intramolecular Hbond substituents is 2. The monoisotopic (exact) mass is 381 g/mol. The molecule has 5 heteroatoms. The van der Waals surface area contributed by atoms with E-state index in [1.165, 1.54) is 11.1 Å². The highest BCUT2D eigenvalue weighted by Gasteiger charge is 2.26. The van der Waals surface area contributed by atoms with Gasteiger partial charge in [0.2, 0.25) is 0 Å². The SMILES string of the molecule is Br.Cc1c(O)c(O)cc2c1CCN(C)CC2c1ccccc1.O. The van der Waals surface area contributed by atoms with Crippen LogP contribution in [0.2, 0.25) is 0 Å². The second kappa shape index (κ2) is 7.81. The molecule has 4 nitrogen and oxygen atoms in total. The van der Waals surface area contributed by atoms with E-state index >= 15 is 0 Å². The Morgan fingerprint density at radius 3 is 2.43 bits per heavy atom. The van der Waals surface area contributed by atoms with E-state index in [1.807, 2.05) is 25.1 Å². The topological polar surface area (TPSA) is 75.2 Å². The van der Waals surface area contributed by atoms with Crippen molar-refractivity contribution in [1.82, 2.24) is 4.90 Å². The summed E-state index contributed by atoms with van der Waals surface area (Å²) in [5.41, 5.74) is 4.36. The fraction of sp³-hybridized carbons (Fsp3) is 0.333. The fourth-order valence-corrected chi connectivity index (χ4v) is 3.27. The summed E-state index contributed by atoms with van der Waals surface area (Å²) in [7, 11) is 2.12. The highest BCUT2D eigenvalue weighted by Crippen LogP contribution is 2.40. The number of phenols is 2. The molecule has 1 atom stereocenters. The number of aromatic hydroxyl groups is 2. The molecule has 3 rings (SSSR count). The van der Waals surface area contributed by atoms with Gasteiger partial charge >= 0.3 is 0 Å². The van der Waals surface area contributed by atoms with E-state index < -0.39 is 0 Å². The molecule has 23 heavy (non-hydrogen) atoms. The Morgan fingerprint density at radius 1 is 1.13 bits per heavy atom. The van der Waals surface area contributed by atoms with Crippen LogP contribution in [0.4, 0.5) is 0 Å². The van der Waals surface area contributed by atoms with Crippen molar-refractivity contribution in [2.45, 2.75) is 19.3 Å². The lowest BCUT2D eigenvalue weighted by Crippen LogP contribution is -2.24. The first-order chi connectivity index (χ1) is 10.1. The van der Waals surface area contributed by atoms with Gasteiger partial charge in [-0.25, -0.2) is 0 Å². The zero-order chi connectivity index (χ0) is 15.0. The summed E-state index contributed by atoms with van der Waals surface area (Å²) in [6.45, 7) is 3.77. The third-order valence-electron chi connectivity index (χ3n) is 4.51. The Morgan fingerprint density at radius 2 is 1.78 bits per heavy atom. The summed E-state index contributed by atoms with van der Waals surface area (Å²) in [4.78, 5) is 2.31. The number of fused-ring (bicyclic) bond motifs is 1. The molecule has 4 N–H and O–H groups in total. The lowest BCUT2D eigenvalue weighted by molar-refractivity contribution is 0.338. The average Bonchev–Trinajstić information content (AvgIpc) is 2.65. The van der Waals surface area contributed by atoms with Gasteiger partial charge in [0.1, 0.15) is 0 Å². The van der Waals surface area contributed by atoms with E-state index in [0.29, 0.717) is 0 Å². The first-order valence-electron chi connectivity index (χ1n) is 7.35. The normalized spacial score (nSPS) is 17.4. The molecule has 0 saturated heterocycles. The predicted octanol–water partition coefficient (Wildman–Crippen LogP) is 2.78. The first-order valence-corrected chi connectivity index (χ1v) is 7.35. The zero-order valence-corrected chi connectivity index (χ0v) is 15.1. The Hall–Kier alpha value is -1.56. The van der Waals surface area contributed by atoms with Crippen molar-refractivity contribution in [2.24, 2.45) is 0 Å². The Bertz CT molecular complexity index is 661. The largest absolute Gasteiger partial charge is 0.504 e. The number of rotatable bonds is 1. The second-order valence-corrected chi connectivity index (χ2v) is 5.91. The van der Waals surface area contributed by atoms with Gasteiger partial charge in [-0.05, 0) is 48.7 Å². The highest BCUT2D eigenvalue weighted by molar-refractivity contribution is 8.93. The molecule has 1 aliphatic heterocycles. The van der Waals surface area contributed by atoms with Crippen LogP contribution in [-0.2, 0) is 6.42 Å². The molecule has 2 aromatic carbocycles. The van der Waals surface area contributed by atoms with Gasteiger partial charge in [-0.2, -0.15) is 0 Å². The molecule has 2 aromatic rings. The molecule has 0 amide bonds. The predicted molar refractivity (Wildman–Crippen MR) is 97.9 cm³/mol. The molecule has 0 bridgehead atoms. The van der Waals surface area contributed by atoms with Crippen LogP contribution in [0.15, 0.2) is 36.4 Å². The summed E-state index contributed by atoms with van der Waals surface area (Å²) in [5, 5.41) is 20.0. The zero-order valence-electron chi connectivity index (χ0n) is 13.4. The lowest BCUT2D eigenvalue weighted by atomic mass is 9.86. The average molecular weight is 382 g/mol. The van der Waals surface area contributed by atoms with Gasteiger partial charge in [0.25, 0.3) is 0 Å². The van der Waals surface area contributed by atoms with Crippen LogP contribution in [0, 0.1) is 6.92 Å². The summed E-state index contributed by atoms with van der Waals surface area (Å²) >= 11 is 0. The molecule has 126 valence electrons. The van der Waals surface area contributed by atoms with Crippen LogP contribution < -0.4 is 0 Å². The van der Waals surface area contributed by atoms with Crippen LogP contribution in [0.5, 0.6) is 11.5 Å². The van der Waals surface area contributed by atoms with Crippen molar-refractivity contribution in [3.8, 4) is 11.5 Å². The third kappa shape index (κ3) is 3.68. The number of halogens is 1. The van der Waals surface area contributed by atoms with Crippen molar-refractivity contribution >= 4 is 17.0 Å². The Kier molecular flexibility index (Phi) is 6.62. The number of hydrogen-bond donors (Lipinski definition) is 2. The van der Waals surface area contributed by atoms with Gasteiger partial charge in [0.15, 0.2) is 11.5 Å². The van der Waals surface area contributed by atoms with Crippen molar-refractivity contribution in [3.63, 3.8) is 0 Å². The van der Waals surface area contributed by atoms with Gasteiger partial charge in [-0.1, -0.05) is 30.3 Å². The maximum atomic E-state index is 10.0. The molecule has 1 unspecified atom stereocenters. The summed E-state index contributed by atoms with van der Waals surface area (Å²) in [6.07, 6.45) is 0.898. The molecule has 0 aliphatic carbocycles. The lowest BCUT2D eigenvalue weighted by Gasteiger charge is -2.23. The number of hydrogen-bond acceptors (Lipinski definition) is 3. The molecule has 0 fully saturated rings. The van der Waals surface area contributed by atoms with Gasteiger partial charge in [0.05, 0.1) is 0 Å². The quantitative estimate of drug-likeness (QED) is 0.745. The molecule has 0 saturated carbocycles. The van der Waals surface area contributed by atoms with Crippen LogP contribution in [0.1, 0.15) is 28.2 Å². The minimum absolute atomic E-state index is 0. The van der Waals surface area contributed by atoms with Crippen LogP contribution in [0.3, 0.4) is 0 Å². The highest BCUT2D eigenvalue weighted by atomic mass is 79.9. The second-order valence-electron chi connectivity index (χ2n) is 5.91. The van der Waals surface area contributed by atoms with Gasteiger partial charge in [-0.15, -0.1) is 17.0 Å². The summed E-state index contributed by atoms with van der Waals surface area (Å²) in [5.74, 6) is 0.223. The van der Waals surface area contributed by atoms with Crippen LogP contribution in [0.25, 0.3) is 0 Å². The van der Waals surface area contributed by atoms with E-state index in [1.54, 1.807) is 6.07 Å². The maximum absolute atomic E-state index is 10.0. The minimum Gasteiger partial charge on any atom is -0.504 e. The Labute approximate surface area is 147 Å². The standard InChI is InChI=1S/C18H21NO2.BrH.H2O/c1-12-14-8-9-19(2)11-16(13-6-4-3-5-7-13)15(14)10-17(20)18(12)21;;/h3-7,10,16,20-21H,8-9,11H2,1-2H3;1H;1H2. The molecule has 1 aliphatic rings. The van der Waals surface area contributed by atoms with E-state index in [2.05, 4.69) is 24.1 Å². The number of benzene rings is 2. The molecule has 1 heterocycles. The number of likely N-dealkylation sites (N-methyl/N-ethyl adjacent to an activating group) is 1. The van der Waals surface area contributed by atoms with E-state index in [0.717, 1.165) is 30.6 Å². The Balaban J connectivity index is 0.00000132. The van der Waals surface area contributed by atoms with E-state index in [4.69, 9.17) is 0 Å². The molecule has 0 aromatic heterocycles. The first kappa shape index (κ1) is 19.5. The van der Waals surface area contributed by atoms with Gasteiger partial charge < -0.3 is 20.6 Å². The van der Waals surface area contributed by atoms with Crippen molar-refractivity contribution in [1.29, 1.82) is 0 Å². The number of nitrogens with zero attached hydrogens (tertiary/aromatic N) is 1. The molecular weight excluding hydrogens is 358 g/mol. The van der Waals surface area contributed by atoms with E-state index in [9.17, 15) is 10.2 Å². The van der Waals surface area contributed by atoms with E-state index in [-0.39, 0.29) is 39.9 Å². The smallest absolute Gasteiger partial charge is 0.160 e. The van der Waals surface area contributed by atoms with Gasteiger partial charge in [0, 0.05) is 19.0 Å². The van der Waals surface area contributed by atoms with Crippen molar-refractivity contribution < 1.29 is 15.7 Å².